The van der Waals surface area contributed by atoms with Gasteiger partial charge in [-0.3, -0.25) is 14.9 Å². The van der Waals surface area contributed by atoms with E-state index in [0.29, 0.717) is 0 Å². The maximum Gasteiger partial charge on any atom is 0.336 e. The fraction of sp³-hybridized carbons (Fsp3) is 0.125. The first kappa shape index (κ1) is 10.8. The second kappa shape index (κ2) is 4.43. The number of methoxy groups -OCH3 is 1. The van der Waals surface area contributed by atoms with Gasteiger partial charge >= 0.3 is 6.01 Å². The van der Waals surface area contributed by atoms with Crippen LogP contribution < -0.4 is 15.6 Å². The lowest BCUT2D eigenvalue weighted by Crippen LogP contribution is -2.18. The standard InChI is InChI=1S/C8H8N6O3/c1-17-8-10-7(13-14-8)9-6(16)4-2-3-5(15)12-11-4/h2-3H,1H3,(H,12,15)(H2,9,10,13,14,16). The summed E-state index contributed by atoms with van der Waals surface area (Å²) in [7, 11) is 1.40. The van der Waals surface area contributed by atoms with Crippen molar-refractivity contribution in [3.05, 3.63) is 28.2 Å². The predicted octanol–water partition coefficient (Wildman–Crippen LogP) is -0.851. The van der Waals surface area contributed by atoms with E-state index in [2.05, 4.69) is 30.7 Å². The normalized spacial score (nSPS) is 9.94. The van der Waals surface area contributed by atoms with E-state index >= 15 is 0 Å². The molecule has 0 fully saturated rings. The van der Waals surface area contributed by atoms with Crippen molar-refractivity contribution in [3.63, 3.8) is 0 Å². The monoisotopic (exact) mass is 236 g/mol. The van der Waals surface area contributed by atoms with E-state index in [1.807, 2.05) is 0 Å². The van der Waals surface area contributed by atoms with Crippen LogP contribution >= 0.6 is 0 Å². The number of hydrogen-bond acceptors (Lipinski definition) is 6. The first-order chi connectivity index (χ1) is 8.19. The third-order valence-corrected chi connectivity index (χ3v) is 1.79. The number of rotatable bonds is 3. The van der Waals surface area contributed by atoms with Crippen molar-refractivity contribution in [3.8, 4) is 6.01 Å². The minimum atomic E-state index is -0.528. The predicted molar refractivity (Wildman–Crippen MR) is 55.7 cm³/mol. The van der Waals surface area contributed by atoms with Gasteiger partial charge in [0.05, 0.1) is 7.11 Å². The molecule has 0 aliphatic rings. The van der Waals surface area contributed by atoms with Gasteiger partial charge in [0.1, 0.15) is 5.69 Å². The third kappa shape index (κ3) is 2.45. The van der Waals surface area contributed by atoms with Crippen LogP contribution in [0.3, 0.4) is 0 Å². The molecule has 2 aromatic rings. The molecule has 88 valence electrons. The summed E-state index contributed by atoms with van der Waals surface area (Å²) in [6.07, 6.45) is 0. The van der Waals surface area contributed by atoms with Gasteiger partial charge in [-0.1, -0.05) is 0 Å². The first-order valence-electron chi connectivity index (χ1n) is 4.52. The number of carbonyl (C=O) groups is 1. The van der Waals surface area contributed by atoms with Crippen LogP contribution in [0, 0.1) is 0 Å². The quantitative estimate of drug-likeness (QED) is 0.637. The fourth-order valence-electron chi connectivity index (χ4n) is 1.04. The van der Waals surface area contributed by atoms with Crippen molar-refractivity contribution in [2.75, 3.05) is 12.4 Å². The molecule has 1 amide bonds. The summed E-state index contributed by atoms with van der Waals surface area (Å²) in [5, 5.41) is 14.2. The smallest absolute Gasteiger partial charge is 0.336 e. The molecule has 0 aliphatic heterocycles. The first-order valence-corrected chi connectivity index (χ1v) is 4.52. The maximum atomic E-state index is 11.6. The highest BCUT2D eigenvalue weighted by molar-refractivity contribution is 6.01. The van der Waals surface area contributed by atoms with E-state index in [1.165, 1.54) is 19.2 Å². The van der Waals surface area contributed by atoms with Crippen LogP contribution in [0.15, 0.2) is 16.9 Å². The number of carbonyl (C=O) groups excluding carboxylic acids is 1. The largest absolute Gasteiger partial charge is 0.466 e. The van der Waals surface area contributed by atoms with Crippen molar-refractivity contribution in [1.82, 2.24) is 25.4 Å². The number of aromatic amines is 2. The average Bonchev–Trinajstić information content (AvgIpc) is 2.77. The van der Waals surface area contributed by atoms with Crippen molar-refractivity contribution in [2.24, 2.45) is 0 Å². The van der Waals surface area contributed by atoms with Gasteiger partial charge in [0.25, 0.3) is 11.5 Å². The molecule has 2 rings (SSSR count). The van der Waals surface area contributed by atoms with E-state index in [-0.39, 0.29) is 23.2 Å². The number of amides is 1. The summed E-state index contributed by atoms with van der Waals surface area (Å²) in [4.78, 5) is 26.1. The Bertz CT molecular complexity index is 568. The molecule has 0 radical (unpaired) electrons. The molecule has 0 saturated heterocycles. The van der Waals surface area contributed by atoms with E-state index in [9.17, 15) is 9.59 Å². The van der Waals surface area contributed by atoms with Crippen LogP contribution in [-0.4, -0.2) is 38.4 Å². The zero-order valence-corrected chi connectivity index (χ0v) is 8.72. The molecule has 3 N–H and O–H groups in total. The van der Waals surface area contributed by atoms with Gasteiger partial charge in [-0.15, -0.1) is 5.10 Å². The van der Waals surface area contributed by atoms with Crippen LogP contribution in [-0.2, 0) is 0 Å². The van der Waals surface area contributed by atoms with E-state index in [0.717, 1.165) is 0 Å². The molecule has 2 heterocycles. The van der Waals surface area contributed by atoms with Crippen molar-refractivity contribution < 1.29 is 9.53 Å². The summed E-state index contributed by atoms with van der Waals surface area (Å²) < 4.78 is 4.73. The number of nitrogens with zero attached hydrogens (tertiary/aromatic N) is 3. The molecule has 0 atom stereocenters. The lowest BCUT2D eigenvalue weighted by Gasteiger charge is -1.98. The maximum absolute atomic E-state index is 11.6. The van der Waals surface area contributed by atoms with E-state index < -0.39 is 5.91 Å². The Kier molecular flexibility index (Phi) is 2.81. The molecule has 2 aromatic heterocycles. The molecule has 0 aromatic carbocycles. The van der Waals surface area contributed by atoms with Gasteiger partial charge in [-0.25, -0.2) is 10.2 Å². The number of aromatic nitrogens is 5. The van der Waals surface area contributed by atoms with Crippen molar-refractivity contribution in [2.45, 2.75) is 0 Å². The molecule has 0 aliphatic carbocycles. The zero-order chi connectivity index (χ0) is 12.3. The van der Waals surface area contributed by atoms with Gasteiger partial charge in [0, 0.05) is 6.07 Å². The second-order valence-corrected chi connectivity index (χ2v) is 2.93. The zero-order valence-electron chi connectivity index (χ0n) is 8.72. The van der Waals surface area contributed by atoms with Crippen LogP contribution in [0.4, 0.5) is 5.95 Å². The molecule has 0 spiro atoms. The topological polar surface area (TPSA) is 126 Å². The van der Waals surface area contributed by atoms with Crippen LogP contribution in [0.5, 0.6) is 6.01 Å². The summed E-state index contributed by atoms with van der Waals surface area (Å²) >= 11 is 0. The minimum absolute atomic E-state index is 0.0555. The summed E-state index contributed by atoms with van der Waals surface area (Å²) in [6, 6.07) is 2.60. The number of nitrogens with one attached hydrogen (secondary N) is 3. The lowest BCUT2D eigenvalue weighted by atomic mass is 10.4. The van der Waals surface area contributed by atoms with Crippen LogP contribution in [0.2, 0.25) is 0 Å². The number of anilines is 1. The average molecular weight is 236 g/mol. The van der Waals surface area contributed by atoms with Crippen LogP contribution in [0.25, 0.3) is 0 Å². The molecule has 0 saturated carbocycles. The molecule has 0 bridgehead atoms. The Morgan fingerprint density at radius 1 is 1.35 bits per heavy atom. The Morgan fingerprint density at radius 3 is 2.76 bits per heavy atom. The third-order valence-electron chi connectivity index (χ3n) is 1.79. The Morgan fingerprint density at radius 2 is 2.18 bits per heavy atom. The van der Waals surface area contributed by atoms with Crippen molar-refractivity contribution >= 4 is 11.9 Å². The highest BCUT2D eigenvalue weighted by atomic mass is 16.5. The molecule has 0 unspecified atom stereocenters. The van der Waals surface area contributed by atoms with Gasteiger partial charge in [0.2, 0.25) is 5.95 Å². The summed E-state index contributed by atoms with van der Waals surface area (Å²) in [5.41, 5.74) is -0.331. The molecule has 9 heteroatoms. The van der Waals surface area contributed by atoms with E-state index in [1.54, 1.807) is 0 Å². The molecular formula is C8H8N6O3. The Labute approximate surface area is 94.2 Å². The lowest BCUT2D eigenvalue weighted by molar-refractivity contribution is 0.102. The van der Waals surface area contributed by atoms with Crippen molar-refractivity contribution in [1.29, 1.82) is 0 Å². The van der Waals surface area contributed by atoms with Crippen LogP contribution in [0.1, 0.15) is 10.5 Å². The SMILES string of the molecule is COc1n[nH]c(NC(=O)c2ccc(=O)[nH]n2)n1. The summed E-state index contributed by atoms with van der Waals surface area (Å²) in [5.74, 6) is -0.403. The number of H-pyrrole nitrogens is 2. The van der Waals surface area contributed by atoms with Gasteiger partial charge in [0.15, 0.2) is 0 Å². The second-order valence-electron chi connectivity index (χ2n) is 2.93. The molecule has 17 heavy (non-hydrogen) atoms. The Balaban J connectivity index is 2.11. The summed E-state index contributed by atoms with van der Waals surface area (Å²) in [6.45, 7) is 0. The highest BCUT2D eigenvalue weighted by Gasteiger charge is 2.10. The fourth-order valence-corrected chi connectivity index (χ4v) is 1.04. The minimum Gasteiger partial charge on any atom is -0.466 e. The molecule has 9 nitrogen and oxygen atoms in total. The number of ether oxygens (including phenoxy) is 1. The van der Waals surface area contributed by atoms with Gasteiger partial charge in [-0.05, 0) is 6.07 Å². The van der Waals surface area contributed by atoms with Gasteiger partial charge < -0.3 is 4.74 Å². The van der Waals surface area contributed by atoms with Gasteiger partial charge in [-0.2, -0.15) is 10.1 Å². The Hall–Kier alpha value is -2.71. The number of hydrogen-bond donors (Lipinski definition) is 3. The molecular weight excluding hydrogens is 228 g/mol. The van der Waals surface area contributed by atoms with E-state index in [4.69, 9.17) is 4.74 Å². The highest BCUT2D eigenvalue weighted by Crippen LogP contribution is 2.05.